The van der Waals surface area contributed by atoms with E-state index in [-0.39, 0.29) is 29.6 Å². The second kappa shape index (κ2) is 10.4. The van der Waals surface area contributed by atoms with E-state index >= 15 is 0 Å². The molecule has 0 spiro atoms. The summed E-state index contributed by atoms with van der Waals surface area (Å²) in [6, 6.07) is 20.6. The number of benzene rings is 3. The number of sulfonamides is 1. The summed E-state index contributed by atoms with van der Waals surface area (Å²) in [7, 11) is -3.88. The van der Waals surface area contributed by atoms with Crippen molar-refractivity contribution in [3.8, 4) is 0 Å². The maximum atomic E-state index is 13.4. The number of rotatable bonds is 8. The Kier molecular flexibility index (Phi) is 7.89. The lowest BCUT2D eigenvalue weighted by Gasteiger charge is -2.23. The van der Waals surface area contributed by atoms with Crippen LogP contribution in [0.25, 0.3) is 0 Å². The zero-order valence-electron chi connectivity index (χ0n) is 16.8. The molecule has 0 saturated carbocycles. The summed E-state index contributed by atoms with van der Waals surface area (Å²) >= 11 is 9.60. The summed E-state index contributed by atoms with van der Waals surface area (Å²) in [6.07, 6.45) is 0. The Morgan fingerprint density at radius 2 is 1.48 bits per heavy atom. The van der Waals surface area contributed by atoms with Crippen LogP contribution in [0, 0.1) is 0 Å². The number of carbonyl (C=O) groups excluding carboxylic acids is 1. The monoisotopic (exact) mass is 521 g/mol. The average molecular weight is 523 g/mol. The largest absolute Gasteiger partial charge is 0.462 e. The van der Waals surface area contributed by atoms with Crippen molar-refractivity contribution in [3.63, 3.8) is 0 Å². The average Bonchev–Trinajstić information content (AvgIpc) is 2.75. The minimum atomic E-state index is -3.88. The van der Waals surface area contributed by atoms with Crippen LogP contribution in [0.4, 0.5) is 0 Å². The molecule has 0 radical (unpaired) electrons. The Bertz CT molecular complexity index is 1150. The second-order valence-corrected chi connectivity index (χ2v) is 9.98. The van der Waals surface area contributed by atoms with Crippen LogP contribution in [-0.4, -0.2) is 25.3 Å². The van der Waals surface area contributed by atoms with Gasteiger partial charge in [0, 0.05) is 17.6 Å². The molecule has 5 nitrogen and oxygen atoms in total. The molecule has 0 saturated heterocycles. The molecule has 0 aliphatic heterocycles. The lowest BCUT2D eigenvalue weighted by atomic mass is 10.1. The molecule has 3 aromatic carbocycles. The predicted molar refractivity (Wildman–Crippen MR) is 124 cm³/mol. The Labute approximate surface area is 195 Å². The number of ether oxygens (including phenoxy) is 1. The SMILES string of the molecule is CCOC(=O)c1ccc(CN(Cc2ccc(Br)cc2)S(=O)(=O)c2ccccc2Cl)cc1. The quantitative estimate of drug-likeness (QED) is 0.358. The summed E-state index contributed by atoms with van der Waals surface area (Å²) in [5.74, 6) is -0.413. The fourth-order valence-corrected chi connectivity index (χ4v) is 5.15. The zero-order valence-corrected chi connectivity index (χ0v) is 20.0. The van der Waals surface area contributed by atoms with Crippen molar-refractivity contribution < 1.29 is 17.9 Å². The van der Waals surface area contributed by atoms with Crippen molar-refractivity contribution in [2.24, 2.45) is 0 Å². The maximum absolute atomic E-state index is 13.4. The molecular formula is C23H21BrClNO4S. The van der Waals surface area contributed by atoms with Gasteiger partial charge in [-0.05, 0) is 54.4 Å². The summed E-state index contributed by atoms with van der Waals surface area (Å²) in [6.45, 7) is 2.32. The molecule has 31 heavy (non-hydrogen) atoms. The molecule has 3 rings (SSSR count). The molecule has 0 bridgehead atoms. The first-order valence-corrected chi connectivity index (χ1v) is 12.2. The minimum absolute atomic E-state index is 0.0527. The van der Waals surface area contributed by atoms with Crippen molar-refractivity contribution in [1.29, 1.82) is 0 Å². The lowest BCUT2D eigenvalue weighted by molar-refractivity contribution is 0.0526. The van der Waals surface area contributed by atoms with Gasteiger partial charge >= 0.3 is 5.97 Å². The normalized spacial score (nSPS) is 11.5. The summed E-state index contributed by atoms with van der Waals surface area (Å²) in [5.41, 5.74) is 1.99. The Balaban J connectivity index is 1.93. The van der Waals surface area contributed by atoms with Gasteiger partial charge < -0.3 is 4.74 Å². The van der Waals surface area contributed by atoms with E-state index in [1.807, 2.05) is 24.3 Å². The molecule has 0 unspecified atom stereocenters. The van der Waals surface area contributed by atoms with Gasteiger partial charge in [0.25, 0.3) is 0 Å². The molecule has 0 aliphatic rings. The molecule has 0 aliphatic carbocycles. The van der Waals surface area contributed by atoms with Gasteiger partial charge in [0.05, 0.1) is 17.2 Å². The Hall–Kier alpha value is -2.19. The first-order chi connectivity index (χ1) is 14.8. The van der Waals surface area contributed by atoms with Crippen LogP contribution in [0.15, 0.2) is 82.2 Å². The number of carbonyl (C=O) groups is 1. The Morgan fingerprint density at radius 1 is 0.935 bits per heavy atom. The molecule has 0 N–H and O–H groups in total. The first kappa shape index (κ1) is 23.5. The first-order valence-electron chi connectivity index (χ1n) is 9.56. The van der Waals surface area contributed by atoms with Crippen LogP contribution in [0.3, 0.4) is 0 Å². The summed E-state index contributed by atoms with van der Waals surface area (Å²) in [5, 5.41) is 0.168. The minimum Gasteiger partial charge on any atom is -0.462 e. The number of hydrogen-bond acceptors (Lipinski definition) is 4. The van der Waals surface area contributed by atoms with Gasteiger partial charge in [-0.15, -0.1) is 0 Å². The van der Waals surface area contributed by atoms with Crippen LogP contribution < -0.4 is 0 Å². The van der Waals surface area contributed by atoms with Gasteiger partial charge in [-0.2, -0.15) is 4.31 Å². The van der Waals surface area contributed by atoms with Crippen molar-refractivity contribution >= 4 is 43.5 Å². The van der Waals surface area contributed by atoms with Gasteiger partial charge in [0.1, 0.15) is 4.90 Å². The van der Waals surface area contributed by atoms with Crippen molar-refractivity contribution in [2.45, 2.75) is 24.9 Å². The van der Waals surface area contributed by atoms with Crippen LogP contribution >= 0.6 is 27.5 Å². The third-order valence-electron chi connectivity index (χ3n) is 4.55. The van der Waals surface area contributed by atoms with E-state index in [9.17, 15) is 13.2 Å². The molecule has 0 heterocycles. The standard InChI is InChI=1S/C23H21BrClNO4S/c1-2-30-23(27)19-11-7-17(8-12-19)15-26(16-18-9-13-20(24)14-10-18)31(28,29)22-6-4-3-5-21(22)25/h3-14H,2,15-16H2,1H3. The van der Waals surface area contributed by atoms with Crippen molar-refractivity contribution in [2.75, 3.05) is 6.61 Å². The van der Waals surface area contributed by atoms with E-state index in [0.717, 1.165) is 15.6 Å². The summed E-state index contributed by atoms with van der Waals surface area (Å²) < 4.78 is 34.2. The highest BCUT2D eigenvalue weighted by Crippen LogP contribution is 2.27. The number of nitrogens with zero attached hydrogens (tertiary/aromatic N) is 1. The van der Waals surface area contributed by atoms with Crippen LogP contribution in [0.2, 0.25) is 5.02 Å². The fraction of sp³-hybridized carbons (Fsp3) is 0.174. The highest BCUT2D eigenvalue weighted by molar-refractivity contribution is 9.10. The molecule has 0 atom stereocenters. The predicted octanol–water partition coefficient (Wildman–Crippen LogP) is 5.67. The summed E-state index contributed by atoms with van der Waals surface area (Å²) in [4.78, 5) is 11.9. The molecule has 0 amide bonds. The number of hydrogen-bond donors (Lipinski definition) is 0. The molecule has 0 fully saturated rings. The van der Waals surface area contributed by atoms with E-state index in [1.54, 1.807) is 49.4 Å². The van der Waals surface area contributed by atoms with Gasteiger partial charge in [-0.1, -0.05) is 63.9 Å². The highest BCUT2D eigenvalue weighted by atomic mass is 79.9. The van der Waals surface area contributed by atoms with E-state index in [0.29, 0.717) is 5.56 Å². The Morgan fingerprint density at radius 3 is 2.03 bits per heavy atom. The van der Waals surface area contributed by atoms with E-state index in [4.69, 9.17) is 16.3 Å². The van der Waals surface area contributed by atoms with E-state index < -0.39 is 16.0 Å². The maximum Gasteiger partial charge on any atom is 0.338 e. The molecular weight excluding hydrogens is 502 g/mol. The van der Waals surface area contributed by atoms with Gasteiger partial charge in [0.2, 0.25) is 10.0 Å². The number of halogens is 2. The fourth-order valence-electron chi connectivity index (χ4n) is 2.98. The molecule has 3 aromatic rings. The number of esters is 1. The topological polar surface area (TPSA) is 63.7 Å². The van der Waals surface area contributed by atoms with Crippen molar-refractivity contribution in [1.82, 2.24) is 4.31 Å². The molecule has 162 valence electrons. The van der Waals surface area contributed by atoms with Gasteiger partial charge in [-0.3, -0.25) is 0 Å². The zero-order chi connectivity index (χ0) is 22.4. The smallest absolute Gasteiger partial charge is 0.338 e. The van der Waals surface area contributed by atoms with E-state index in [2.05, 4.69) is 15.9 Å². The second-order valence-electron chi connectivity index (χ2n) is 6.75. The van der Waals surface area contributed by atoms with Crippen LogP contribution in [0.5, 0.6) is 0 Å². The van der Waals surface area contributed by atoms with Gasteiger partial charge in [-0.25, -0.2) is 13.2 Å². The lowest BCUT2D eigenvalue weighted by Crippen LogP contribution is -2.30. The van der Waals surface area contributed by atoms with E-state index in [1.165, 1.54) is 10.4 Å². The van der Waals surface area contributed by atoms with Gasteiger partial charge in [0.15, 0.2) is 0 Å². The highest BCUT2D eigenvalue weighted by Gasteiger charge is 2.27. The van der Waals surface area contributed by atoms with Crippen LogP contribution in [0.1, 0.15) is 28.4 Å². The van der Waals surface area contributed by atoms with Crippen molar-refractivity contribution in [3.05, 3.63) is 99.0 Å². The third kappa shape index (κ3) is 5.95. The third-order valence-corrected chi connectivity index (χ3v) is 7.37. The molecule has 8 heteroatoms. The van der Waals surface area contributed by atoms with Crippen LogP contribution in [-0.2, 0) is 27.8 Å². The molecule has 0 aromatic heterocycles.